The van der Waals surface area contributed by atoms with Crippen LogP contribution < -0.4 is 14.8 Å². The lowest BCUT2D eigenvalue weighted by atomic mass is 10.0. The molecule has 186 valence electrons. The van der Waals surface area contributed by atoms with Gasteiger partial charge < -0.3 is 29.8 Å². The highest BCUT2D eigenvalue weighted by Crippen LogP contribution is 2.33. The standard InChI is InChI=1S/C26H38N4O4/c1-18(30-13-9-21(31)10-14-30)16-29-11-7-20(8-12-29)27-26(32)34-25-15-22-23(28-25)3-2-4-24(22)33-17-19-5-6-19/h2-4,15,18-21,28,31H,5-14,16-17H2,1H3,(H,27,32)/t18-/m0/s1. The van der Waals surface area contributed by atoms with Gasteiger partial charge in [0, 0.05) is 56.3 Å². The zero-order valence-electron chi connectivity index (χ0n) is 20.2. The number of carbonyl (C=O) groups is 1. The van der Waals surface area contributed by atoms with Crippen molar-refractivity contribution in [2.75, 3.05) is 39.3 Å². The summed E-state index contributed by atoms with van der Waals surface area (Å²) in [5.74, 6) is 1.95. The summed E-state index contributed by atoms with van der Waals surface area (Å²) in [6, 6.07) is 8.35. The van der Waals surface area contributed by atoms with E-state index in [-0.39, 0.29) is 12.1 Å². The van der Waals surface area contributed by atoms with Crippen LogP contribution in [0.15, 0.2) is 24.3 Å². The molecule has 5 rings (SSSR count). The second-order valence-electron chi connectivity index (χ2n) is 10.3. The predicted molar refractivity (Wildman–Crippen MR) is 131 cm³/mol. The molecule has 0 radical (unpaired) electrons. The molecule has 3 aliphatic rings. The molecule has 8 heteroatoms. The monoisotopic (exact) mass is 470 g/mol. The highest BCUT2D eigenvalue weighted by molar-refractivity contribution is 5.88. The molecule has 1 aliphatic carbocycles. The number of H-pyrrole nitrogens is 1. The number of hydrogen-bond donors (Lipinski definition) is 3. The second kappa shape index (κ2) is 10.5. The number of aromatic amines is 1. The highest BCUT2D eigenvalue weighted by atomic mass is 16.6. The molecule has 2 aliphatic heterocycles. The third kappa shape index (κ3) is 6.03. The maximum Gasteiger partial charge on any atom is 0.414 e. The molecule has 3 fully saturated rings. The fourth-order valence-corrected chi connectivity index (χ4v) is 5.15. The van der Waals surface area contributed by atoms with E-state index in [1.165, 1.54) is 12.8 Å². The molecule has 8 nitrogen and oxygen atoms in total. The number of likely N-dealkylation sites (tertiary alicyclic amines) is 2. The smallest absolute Gasteiger partial charge is 0.414 e. The van der Waals surface area contributed by atoms with Crippen LogP contribution in [0.5, 0.6) is 11.6 Å². The van der Waals surface area contributed by atoms with Crippen LogP contribution in [0.1, 0.15) is 45.4 Å². The molecule has 34 heavy (non-hydrogen) atoms. The molecule has 1 atom stereocenters. The number of rotatable bonds is 8. The largest absolute Gasteiger partial charge is 0.493 e. The van der Waals surface area contributed by atoms with Crippen LogP contribution >= 0.6 is 0 Å². The molecule has 3 heterocycles. The number of aromatic nitrogens is 1. The van der Waals surface area contributed by atoms with Crippen molar-refractivity contribution in [2.45, 2.75) is 63.6 Å². The maximum absolute atomic E-state index is 12.5. The van der Waals surface area contributed by atoms with Gasteiger partial charge >= 0.3 is 6.09 Å². The zero-order chi connectivity index (χ0) is 23.5. The average Bonchev–Trinajstić information content (AvgIpc) is 3.57. The van der Waals surface area contributed by atoms with Crippen molar-refractivity contribution in [3.63, 3.8) is 0 Å². The zero-order valence-corrected chi connectivity index (χ0v) is 20.2. The molecule has 3 N–H and O–H groups in total. The minimum absolute atomic E-state index is 0.128. The summed E-state index contributed by atoms with van der Waals surface area (Å²) in [6.07, 6.45) is 5.56. The molecule has 1 aromatic carbocycles. The Hall–Kier alpha value is -2.29. The Morgan fingerprint density at radius 2 is 1.91 bits per heavy atom. The normalized spacial score (nSPS) is 22.1. The summed E-state index contributed by atoms with van der Waals surface area (Å²) in [4.78, 5) is 20.7. The Morgan fingerprint density at radius 3 is 2.65 bits per heavy atom. The van der Waals surface area contributed by atoms with Crippen molar-refractivity contribution in [3.8, 4) is 11.6 Å². The van der Waals surface area contributed by atoms with E-state index in [1.54, 1.807) is 0 Å². The van der Waals surface area contributed by atoms with Gasteiger partial charge in [0.05, 0.1) is 18.2 Å². The third-order valence-corrected chi connectivity index (χ3v) is 7.53. The van der Waals surface area contributed by atoms with Crippen molar-refractivity contribution in [2.24, 2.45) is 5.92 Å². The summed E-state index contributed by atoms with van der Waals surface area (Å²) in [6.45, 7) is 7.97. The van der Waals surface area contributed by atoms with Crippen molar-refractivity contribution in [1.82, 2.24) is 20.1 Å². The number of ether oxygens (including phenoxy) is 2. The van der Waals surface area contributed by atoms with Crippen LogP contribution in [0.2, 0.25) is 0 Å². The number of hydrogen-bond acceptors (Lipinski definition) is 6. The number of nitrogens with zero attached hydrogens (tertiary/aromatic N) is 2. The predicted octanol–water partition coefficient (Wildman–Crippen LogP) is 3.35. The number of fused-ring (bicyclic) bond motifs is 1. The fraction of sp³-hybridized carbons (Fsp3) is 0.654. The van der Waals surface area contributed by atoms with Gasteiger partial charge in [-0.1, -0.05) is 6.07 Å². The number of nitrogens with one attached hydrogen (secondary N) is 2. The Kier molecular flexibility index (Phi) is 7.27. The van der Waals surface area contributed by atoms with E-state index in [0.717, 1.165) is 81.7 Å². The van der Waals surface area contributed by atoms with Crippen molar-refractivity contribution in [3.05, 3.63) is 24.3 Å². The van der Waals surface area contributed by atoms with E-state index in [1.807, 2.05) is 24.3 Å². The highest BCUT2D eigenvalue weighted by Gasteiger charge is 2.26. The minimum atomic E-state index is -0.411. The van der Waals surface area contributed by atoms with Crippen molar-refractivity contribution >= 4 is 17.0 Å². The van der Waals surface area contributed by atoms with Crippen molar-refractivity contribution in [1.29, 1.82) is 0 Å². The topological polar surface area (TPSA) is 90.1 Å². The number of amides is 1. The van der Waals surface area contributed by atoms with Crippen LogP contribution in [0.25, 0.3) is 10.9 Å². The fourth-order valence-electron chi connectivity index (χ4n) is 5.15. The van der Waals surface area contributed by atoms with Crippen LogP contribution in [0.4, 0.5) is 4.79 Å². The average molecular weight is 471 g/mol. The molecular weight excluding hydrogens is 432 g/mol. The Morgan fingerprint density at radius 1 is 1.15 bits per heavy atom. The number of aliphatic hydroxyl groups excluding tert-OH is 1. The van der Waals surface area contributed by atoms with Gasteiger partial charge in [0.2, 0.25) is 5.88 Å². The molecule has 1 amide bonds. The van der Waals surface area contributed by atoms with Crippen molar-refractivity contribution < 1.29 is 19.4 Å². The lowest BCUT2D eigenvalue weighted by molar-refractivity contribution is 0.0501. The minimum Gasteiger partial charge on any atom is -0.493 e. The Labute approximate surface area is 201 Å². The van der Waals surface area contributed by atoms with Gasteiger partial charge in [-0.25, -0.2) is 4.79 Å². The number of carbonyl (C=O) groups excluding carboxylic acids is 1. The van der Waals surface area contributed by atoms with Crippen LogP contribution in [-0.4, -0.2) is 83.5 Å². The number of benzene rings is 1. The number of piperidine rings is 2. The van der Waals surface area contributed by atoms with E-state index >= 15 is 0 Å². The van der Waals surface area contributed by atoms with Gasteiger partial charge in [-0.3, -0.25) is 4.90 Å². The first-order chi connectivity index (χ1) is 16.5. The molecule has 0 unspecified atom stereocenters. The lowest BCUT2D eigenvalue weighted by Crippen LogP contribution is -2.50. The summed E-state index contributed by atoms with van der Waals surface area (Å²) in [5.41, 5.74) is 0.904. The van der Waals surface area contributed by atoms with Crippen LogP contribution in [-0.2, 0) is 0 Å². The number of aliphatic hydroxyl groups is 1. The van der Waals surface area contributed by atoms with E-state index in [0.29, 0.717) is 17.8 Å². The van der Waals surface area contributed by atoms with Crippen LogP contribution in [0, 0.1) is 5.92 Å². The van der Waals surface area contributed by atoms with Gasteiger partial charge in [0.25, 0.3) is 0 Å². The SMILES string of the molecule is C[C@@H](CN1CCC(NC(=O)Oc2cc3c(OCC4CC4)cccc3[nH]2)CC1)N1CCC(O)CC1. The van der Waals surface area contributed by atoms with Gasteiger partial charge in [-0.15, -0.1) is 0 Å². The van der Waals surface area contributed by atoms with E-state index in [2.05, 4.69) is 27.0 Å². The van der Waals surface area contributed by atoms with Gasteiger partial charge in [-0.05, 0) is 63.5 Å². The first-order valence-corrected chi connectivity index (χ1v) is 12.9. The Bertz CT molecular complexity index is 959. The third-order valence-electron chi connectivity index (χ3n) is 7.53. The van der Waals surface area contributed by atoms with Gasteiger partial charge in [0.1, 0.15) is 5.75 Å². The van der Waals surface area contributed by atoms with Crippen LogP contribution in [0.3, 0.4) is 0 Å². The first-order valence-electron chi connectivity index (χ1n) is 12.9. The summed E-state index contributed by atoms with van der Waals surface area (Å²) in [5, 5.41) is 13.7. The summed E-state index contributed by atoms with van der Waals surface area (Å²) in [7, 11) is 0. The van der Waals surface area contributed by atoms with Gasteiger partial charge in [0.15, 0.2) is 0 Å². The summed E-state index contributed by atoms with van der Waals surface area (Å²) < 4.78 is 11.5. The molecule has 2 aromatic rings. The molecule has 1 aromatic heterocycles. The van der Waals surface area contributed by atoms with E-state index in [9.17, 15) is 9.90 Å². The van der Waals surface area contributed by atoms with E-state index in [4.69, 9.17) is 9.47 Å². The molecule has 2 saturated heterocycles. The summed E-state index contributed by atoms with van der Waals surface area (Å²) >= 11 is 0. The lowest BCUT2D eigenvalue weighted by Gasteiger charge is -2.39. The first kappa shape index (κ1) is 23.5. The maximum atomic E-state index is 12.5. The molecule has 0 bridgehead atoms. The Balaban J connectivity index is 1.06. The molecule has 0 spiro atoms. The molecule has 1 saturated carbocycles. The van der Waals surface area contributed by atoms with E-state index < -0.39 is 6.09 Å². The molecular formula is C26H38N4O4. The van der Waals surface area contributed by atoms with Gasteiger partial charge in [-0.2, -0.15) is 0 Å². The quantitative estimate of drug-likeness (QED) is 0.548. The second-order valence-corrected chi connectivity index (χ2v) is 10.3.